The molecule has 0 fully saturated rings. The third-order valence-electron chi connectivity index (χ3n) is 1.29. The summed E-state index contributed by atoms with van der Waals surface area (Å²) >= 11 is 0. The molecule has 0 atom stereocenters. The van der Waals surface area contributed by atoms with Gasteiger partial charge in [-0.05, 0) is 6.32 Å². The Balaban J connectivity index is 3.39. The van der Waals surface area contributed by atoms with Crippen molar-refractivity contribution >= 4 is 7.85 Å². The van der Waals surface area contributed by atoms with Crippen molar-refractivity contribution in [2.24, 2.45) is 7.02 Å². The Morgan fingerprint density at radius 2 is 2.55 bits per heavy atom. The molecule has 0 aliphatic heterocycles. The Bertz CT molecular complexity index is 354. The maximum atomic E-state index is 11.0. The van der Waals surface area contributed by atoms with Crippen molar-refractivity contribution in [3.05, 3.63) is 26.8 Å². The second kappa shape index (κ2) is 2.73. The highest BCUT2D eigenvalue weighted by atomic mass is 16.2. The van der Waals surface area contributed by atoms with E-state index in [0.717, 1.165) is 4.57 Å². The first-order valence-electron chi connectivity index (χ1n) is 3.89. The molecule has 1 rings (SSSR count). The molecule has 1 aromatic heterocycles. The standard InChI is InChI=1S/C5H8BN3O2/c1-9-4(10)7-3(2-6)8-5(9)11/h2,6H2,1H3,(H,7,8,10,11)/i1D. The molecular formula is C5H8BN3O2. The van der Waals surface area contributed by atoms with Crippen molar-refractivity contribution in [2.75, 3.05) is 0 Å². The molecule has 0 saturated carbocycles. The minimum Gasteiger partial charge on any atom is -0.296 e. The molecule has 0 radical (unpaired) electrons. The monoisotopic (exact) mass is 154 g/mol. The zero-order valence-electron chi connectivity index (χ0n) is 7.13. The van der Waals surface area contributed by atoms with Gasteiger partial charge in [0.05, 0.1) is 0 Å². The fraction of sp³-hybridized carbons (Fsp3) is 0.400. The van der Waals surface area contributed by atoms with Crippen LogP contribution in [0.3, 0.4) is 0 Å². The normalized spacial score (nSPS) is 11.1. The molecule has 0 aliphatic carbocycles. The summed E-state index contributed by atoms with van der Waals surface area (Å²) in [5, 5.41) is 0. The summed E-state index contributed by atoms with van der Waals surface area (Å²) in [5.74, 6) is 0.356. The molecule has 1 N–H and O–H groups in total. The van der Waals surface area contributed by atoms with Crippen LogP contribution in [0.2, 0.25) is 0 Å². The Morgan fingerprint density at radius 1 is 1.82 bits per heavy atom. The molecule has 0 amide bonds. The zero-order chi connectivity index (χ0) is 9.14. The van der Waals surface area contributed by atoms with Gasteiger partial charge < -0.3 is 0 Å². The zero-order valence-corrected chi connectivity index (χ0v) is 6.13. The summed E-state index contributed by atoms with van der Waals surface area (Å²) < 4.78 is 7.58. The van der Waals surface area contributed by atoms with Crippen molar-refractivity contribution in [3.8, 4) is 0 Å². The first kappa shape index (κ1) is 6.39. The fourth-order valence-corrected chi connectivity index (χ4v) is 0.649. The van der Waals surface area contributed by atoms with Crippen molar-refractivity contribution < 1.29 is 1.37 Å². The molecule has 0 aliphatic rings. The molecule has 0 spiro atoms. The van der Waals surface area contributed by atoms with Gasteiger partial charge in [0, 0.05) is 8.39 Å². The Morgan fingerprint density at radius 3 is 3.00 bits per heavy atom. The number of rotatable bonds is 1. The van der Waals surface area contributed by atoms with Gasteiger partial charge in [-0.3, -0.25) is 4.98 Å². The summed E-state index contributed by atoms with van der Waals surface area (Å²) in [6, 6.07) is 0. The third kappa shape index (κ3) is 1.39. The molecule has 0 bridgehead atoms. The summed E-state index contributed by atoms with van der Waals surface area (Å²) in [4.78, 5) is 27.9. The minimum absolute atomic E-state index is 0.356. The smallest absolute Gasteiger partial charge is 0.296 e. The Kier molecular flexibility index (Phi) is 1.59. The molecule has 11 heavy (non-hydrogen) atoms. The second-order valence-corrected chi connectivity index (χ2v) is 2.05. The number of aromatic nitrogens is 3. The molecule has 0 unspecified atom stereocenters. The fourth-order valence-electron chi connectivity index (χ4n) is 0.649. The van der Waals surface area contributed by atoms with E-state index in [1.54, 1.807) is 7.85 Å². The van der Waals surface area contributed by atoms with E-state index in [2.05, 4.69) is 9.97 Å². The van der Waals surface area contributed by atoms with Crippen LogP contribution in [0.4, 0.5) is 0 Å². The maximum absolute atomic E-state index is 11.0. The quantitative estimate of drug-likeness (QED) is 0.458. The van der Waals surface area contributed by atoms with Crippen LogP contribution in [0.25, 0.3) is 0 Å². The first-order chi connectivity index (χ1) is 5.69. The number of aromatic amines is 1. The molecule has 1 heterocycles. The van der Waals surface area contributed by atoms with Crippen molar-refractivity contribution in [1.29, 1.82) is 0 Å². The van der Waals surface area contributed by atoms with Gasteiger partial charge in [-0.1, -0.05) is 0 Å². The van der Waals surface area contributed by atoms with E-state index < -0.39 is 18.4 Å². The number of nitrogens with zero attached hydrogens (tertiary/aromatic N) is 2. The lowest BCUT2D eigenvalue weighted by atomic mass is 10.1. The number of hydrogen-bond acceptors (Lipinski definition) is 3. The average Bonchev–Trinajstić information content (AvgIpc) is 2.03. The van der Waals surface area contributed by atoms with E-state index in [4.69, 9.17) is 1.37 Å². The summed E-state index contributed by atoms with van der Waals surface area (Å²) in [5.41, 5.74) is -1.23. The second-order valence-electron chi connectivity index (χ2n) is 2.05. The van der Waals surface area contributed by atoms with Gasteiger partial charge in [0.1, 0.15) is 13.7 Å². The van der Waals surface area contributed by atoms with Crippen LogP contribution < -0.4 is 11.4 Å². The highest BCUT2D eigenvalue weighted by Gasteiger charge is 1.98. The van der Waals surface area contributed by atoms with Crippen molar-refractivity contribution in [1.82, 2.24) is 14.5 Å². The van der Waals surface area contributed by atoms with Crippen molar-refractivity contribution in [3.63, 3.8) is 0 Å². The summed E-state index contributed by atoms with van der Waals surface area (Å²) in [7, 11) is 1.38. The number of H-pyrrole nitrogens is 1. The topological polar surface area (TPSA) is 67.8 Å². The molecule has 6 heteroatoms. The van der Waals surface area contributed by atoms with Gasteiger partial charge in [-0.2, -0.15) is 4.98 Å². The summed E-state index contributed by atoms with van der Waals surface area (Å²) in [6.45, 7) is 0. The molecule has 0 aromatic carbocycles. The van der Waals surface area contributed by atoms with E-state index in [9.17, 15) is 9.59 Å². The predicted octanol–water partition coefficient (Wildman–Crippen LogP) is -2.40. The first-order valence-corrected chi connectivity index (χ1v) is 3.18. The number of hydrogen-bond donors (Lipinski definition) is 1. The molecule has 0 saturated heterocycles. The molecule has 58 valence electrons. The Labute approximate surface area is 64.9 Å². The highest BCUT2D eigenvalue weighted by Crippen LogP contribution is 1.74. The van der Waals surface area contributed by atoms with Crippen LogP contribution in [-0.2, 0) is 13.3 Å². The van der Waals surface area contributed by atoms with Gasteiger partial charge >= 0.3 is 11.4 Å². The lowest BCUT2D eigenvalue weighted by Gasteiger charge is -1.95. The highest BCUT2D eigenvalue weighted by molar-refractivity contribution is 6.07. The van der Waals surface area contributed by atoms with Gasteiger partial charge in [-0.25, -0.2) is 14.2 Å². The lowest BCUT2D eigenvalue weighted by Crippen LogP contribution is -2.35. The maximum Gasteiger partial charge on any atom is 0.353 e. The molecule has 5 nitrogen and oxygen atoms in total. The number of nitrogens with one attached hydrogen (secondary N) is 1. The van der Waals surface area contributed by atoms with Gasteiger partial charge in [0.2, 0.25) is 0 Å². The van der Waals surface area contributed by atoms with Crippen LogP contribution in [0.15, 0.2) is 9.59 Å². The SMILES string of the molecule is [2H]Cn1c(=O)nc(CB)[nH]c1=O. The Hall–Kier alpha value is -1.33. The van der Waals surface area contributed by atoms with Crippen LogP contribution in [0, 0.1) is 0 Å². The summed E-state index contributed by atoms with van der Waals surface area (Å²) in [6.07, 6.45) is 0.503. The van der Waals surface area contributed by atoms with Gasteiger partial charge in [0.15, 0.2) is 0 Å². The molecular weight excluding hydrogens is 145 g/mol. The van der Waals surface area contributed by atoms with Crippen LogP contribution >= 0.6 is 0 Å². The van der Waals surface area contributed by atoms with Gasteiger partial charge in [0.25, 0.3) is 0 Å². The van der Waals surface area contributed by atoms with Crippen LogP contribution in [0.1, 0.15) is 7.20 Å². The third-order valence-corrected chi connectivity index (χ3v) is 1.29. The van der Waals surface area contributed by atoms with Gasteiger partial charge in [-0.15, -0.1) is 0 Å². The van der Waals surface area contributed by atoms with E-state index in [0.29, 0.717) is 12.1 Å². The lowest BCUT2D eigenvalue weighted by molar-refractivity contribution is 0.708. The van der Waals surface area contributed by atoms with Crippen LogP contribution in [0.5, 0.6) is 0 Å². The predicted molar refractivity (Wildman–Crippen MR) is 42.3 cm³/mol. The molecule has 1 aromatic rings. The van der Waals surface area contributed by atoms with Crippen LogP contribution in [-0.4, -0.2) is 22.4 Å². The average molecular weight is 154 g/mol. The van der Waals surface area contributed by atoms with E-state index in [1.807, 2.05) is 0 Å². The minimum atomic E-state index is -0.661. The van der Waals surface area contributed by atoms with E-state index in [-0.39, 0.29) is 0 Å². The van der Waals surface area contributed by atoms with Crippen molar-refractivity contribution in [2.45, 2.75) is 6.32 Å². The largest absolute Gasteiger partial charge is 0.353 e. The van der Waals surface area contributed by atoms with E-state index >= 15 is 0 Å². The van der Waals surface area contributed by atoms with E-state index in [1.165, 1.54) is 0 Å².